The SMILES string of the molecule is [I-].[Pd+2].[c-]1ccccc1.c1ccc(P(c2ccccc2)c2ccccc2)cc1.c1ccc(P(c2ccccc2)c2ccccc2)cc1. The van der Waals surface area contributed by atoms with Crippen molar-refractivity contribution in [3.63, 3.8) is 0 Å². The van der Waals surface area contributed by atoms with E-state index in [0.717, 1.165) is 0 Å². The van der Waals surface area contributed by atoms with Gasteiger partial charge in [-0.1, -0.05) is 182 Å². The molecule has 230 valence electrons. The molecule has 7 aromatic carbocycles. The van der Waals surface area contributed by atoms with Crippen molar-refractivity contribution in [3.05, 3.63) is 218 Å². The van der Waals surface area contributed by atoms with E-state index in [-0.39, 0.29) is 44.4 Å². The molecule has 0 fully saturated rings. The largest absolute Gasteiger partial charge is 2.00 e. The zero-order chi connectivity index (χ0) is 30.1. The maximum atomic E-state index is 2.89. The number of benzene rings is 7. The summed E-state index contributed by atoms with van der Waals surface area (Å²) in [5, 5.41) is 8.39. The van der Waals surface area contributed by atoms with Gasteiger partial charge in [-0.05, 0) is 47.7 Å². The van der Waals surface area contributed by atoms with Crippen molar-refractivity contribution in [1.29, 1.82) is 0 Å². The second-order valence-corrected chi connectivity index (χ2v) is 14.2. The topological polar surface area (TPSA) is 0 Å². The average Bonchev–Trinajstić information content (AvgIpc) is 3.13. The van der Waals surface area contributed by atoms with Gasteiger partial charge in [0.05, 0.1) is 0 Å². The van der Waals surface area contributed by atoms with E-state index in [2.05, 4.69) is 188 Å². The molecule has 46 heavy (non-hydrogen) atoms. The fourth-order valence-electron chi connectivity index (χ4n) is 4.70. The smallest absolute Gasteiger partial charge is 1.00 e. The van der Waals surface area contributed by atoms with Gasteiger partial charge in [0.2, 0.25) is 0 Å². The Balaban J connectivity index is 0.000000205. The molecule has 0 heterocycles. The Morgan fingerprint density at radius 1 is 0.261 bits per heavy atom. The Bertz CT molecular complexity index is 1390. The number of hydrogen-bond donors (Lipinski definition) is 0. The zero-order valence-corrected chi connectivity index (χ0v) is 30.8. The molecule has 0 unspecified atom stereocenters. The molecule has 7 aromatic rings. The molecule has 0 aliphatic carbocycles. The van der Waals surface area contributed by atoms with Crippen LogP contribution in [0.3, 0.4) is 0 Å². The maximum Gasteiger partial charge on any atom is 2.00 e. The van der Waals surface area contributed by atoms with Crippen LogP contribution in [0.2, 0.25) is 0 Å². The molecule has 0 atom stereocenters. The molecule has 0 saturated heterocycles. The molecule has 0 spiro atoms. The molecule has 0 aliphatic rings. The zero-order valence-electron chi connectivity index (χ0n) is 25.3. The van der Waals surface area contributed by atoms with E-state index >= 15 is 0 Å². The second-order valence-electron chi connectivity index (χ2n) is 9.76. The summed E-state index contributed by atoms with van der Waals surface area (Å²) >= 11 is 0. The van der Waals surface area contributed by atoms with Crippen molar-refractivity contribution in [1.82, 2.24) is 0 Å². The normalized spacial score (nSPS) is 9.78. The molecular weight excluding hydrogens is 800 g/mol. The molecule has 0 aromatic heterocycles. The molecule has 0 amide bonds. The van der Waals surface area contributed by atoms with Crippen LogP contribution in [-0.4, -0.2) is 0 Å². The van der Waals surface area contributed by atoms with Gasteiger partial charge in [0.25, 0.3) is 0 Å². The minimum Gasteiger partial charge on any atom is -1.00 e. The van der Waals surface area contributed by atoms with E-state index in [1.54, 1.807) is 0 Å². The molecule has 0 bridgehead atoms. The third-order valence-corrected chi connectivity index (χ3v) is 11.6. The van der Waals surface area contributed by atoms with Crippen LogP contribution in [0.4, 0.5) is 0 Å². The Kier molecular flexibility index (Phi) is 17.5. The Hall–Kier alpha value is -3.21. The molecular formula is C42H35IP2Pd. The van der Waals surface area contributed by atoms with Crippen LogP contribution < -0.4 is 55.8 Å². The van der Waals surface area contributed by atoms with Crippen LogP contribution in [0.5, 0.6) is 0 Å². The van der Waals surface area contributed by atoms with Gasteiger partial charge < -0.3 is 24.0 Å². The van der Waals surface area contributed by atoms with Crippen molar-refractivity contribution in [2.45, 2.75) is 0 Å². The second kappa shape index (κ2) is 21.6. The van der Waals surface area contributed by atoms with Crippen LogP contribution in [0.15, 0.2) is 212 Å². The van der Waals surface area contributed by atoms with Gasteiger partial charge >= 0.3 is 20.4 Å². The summed E-state index contributed by atoms with van der Waals surface area (Å²) in [6, 6.07) is 77.2. The van der Waals surface area contributed by atoms with Crippen LogP contribution in [-0.2, 0) is 20.4 Å². The number of halogens is 1. The van der Waals surface area contributed by atoms with Gasteiger partial charge in [-0.25, -0.2) is 0 Å². The average molecular weight is 835 g/mol. The van der Waals surface area contributed by atoms with Gasteiger partial charge in [0.15, 0.2) is 0 Å². The minimum absolute atomic E-state index is 0. The standard InChI is InChI=1S/2C18H15P.C6H5.HI.Pd/c2*1-4-10-16(11-5-1)19(17-12-6-2-7-13-17)18-14-8-3-9-15-18;1-2-4-6-5-3-1;;/h2*1-15H;1-5H;1H;/q;;-1;;+2/p-1. The molecule has 0 N–H and O–H groups in total. The first-order valence-electron chi connectivity index (χ1n) is 14.7. The monoisotopic (exact) mass is 834 g/mol. The van der Waals surface area contributed by atoms with E-state index in [9.17, 15) is 0 Å². The van der Waals surface area contributed by atoms with Crippen molar-refractivity contribution in [2.75, 3.05) is 0 Å². The van der Waals surface area contributed by atoms with Gasteiger partial charge in [-0.3, -0.25) is 0 Å². The first kappa shape index (κ1) is 37.3. The van der Waals surface area contributed by atoms with Gasteiger partial charge in [-0.2, -0.15) is 36.4 Å². The molecule has 0 aliphatic heterocycles. The molecule has 7 rings (SSSR count). The molecule has 0 nitrogen and oxygen atoms in total. The van der Waals surface area contributed by atoms with Gasteiger partial charge in [-0.15, -0.1) is 0 Å². The number of rotatable bonds is 6. The van der Waals surface area contributed by atoms with Gasteiger partial charge in [0.1, 0.15) is 0 Å². The van der Waals surface area contributed by atoms with E-state index in [1.807, 2.05) is 30.3 Å². The fraction of sp³-hybridized carbons (Fsp3) is 0. The first-order chi connectivity index (χ1) is 21.9. The molecule has 4 heteroatoms. The first-order valence-corrected chi connectivity index (χ1v) is 17.4. The minimum atomic E-state index is -0.446. The molecule has 0 radical (unpaired) electrons. The molecule has 0 saturated carbocycles. The van der Waals surface area contributed by atoms with Crippen molar-refractivity contribution < 1.29 is 44.4 Å². The predicted molar refractivity (Wildman–Crippen MR) is 196 cm³/mol. The summed E-state index contributed by atoms with van der Waals surface area (Å²) < 4.78 is 0. The summed E-state index contributed by atoms with van der Waals surface area (Å²) in [4.78, 5) is 0. The van der Waals surface area contributed by atoms with Crippen molar-refractivity contribution >= 4 is 47.7 Å². The Labute approximate surface area is 308 Å². The fourth-order valence-corrected chi connectivity index (χ4v) is 9.31. The van der Waals surface area contributed by atoms with Crippen LogP contribution in [0.25, 0.3) is 0 Å². The summed E-state index contributed by atoms with van der Waals surface area (Å²) in [5.41, 5.74) is 0. The van der Waals surface area contributed by atoms with Crippen molar-refractivity contribution in [2.24, 2.45) is 0 Å². The summed E-state index contributed by atoms with van der Waals surface area (Å²) in [5.74, 6) is 0. The third-order valence-electron chi connectivity index (χ3n) is 6.69. The summed E-state index contributed by atoms with van der Waals surface area (Å²) in [6.45, 7) is 0. The van der Waals surface area contributed by atoms with Gasteiger partial charge in [0, 0.05) is 0 Å². The summed E-state index contributed by atoms with van der Waals surface area (Å²) in [7, 11) is -0.892. The van der Waals surface area contributed by atoms with Crippen LogP contribution >= 0.6 is 15.8 Å². The van der Waals surface area contributed by atoms with E-state index in [1.165, 1.54) is 31.8 Å². The van der Waals surface area contributed by atoms with E-state index < -0.39 is 15.8 Å². The predicted octanol–water partition coefficient (Wildman–Crippen LogP) is 5.38. The van der Waals surface area contributed by atoms with Crippen LogP contribution in [0, 0.1) is 6.07 Å². The Morgan fingerprint density at radius 2 is 0.435 bits per heavy atom. The van der Waals surface area contributed by atoms with Crippen LogP contribution in [0.1, 0.15) is 0 Å². The maximum absolute atomic E-state index is 2.89. The Morgan fingerprint density at radius 3 is 0.565 bits per heavy atom. The quantitative estimate of drug-likeness (QED) is 0.0916. The van der Waals surface area contributed by atoms with Crippen molar-refractivity contribution in [3.8, 4) is 0 Å². The van der Waals surface area contributed by atoms with E-state index in [0.29, 0.717) is 0 Å². The number of hydrogen-bond acceptors (Lipinski definition) is 0. The summed E-state index contributed by atoms with van der Waals surface area (Å²) in [6.07, 6.45) is 0. The van der Waals surface area contributed by atoms with E-state index in [4.69, 9.17) is 0 Å². The third kappa shape index (κ3) is 11.5.